The number of carbonyl (C=O) groups excluding carboxylic acids is 2. The molecule has 3 unspecified atom stereocenters. The second kappa shape index (κ2) is 17.7. The van der Waals surface area contributed by atoms with Crippen molar-refractivity contribution in [2.45, 2.75) is 66.5 Å². The molecule has 0 aliphatic rings. The van der Waals surface area contributed by atoms with Crippen LogP contribution in [0.4, 0.5) is 5.69 Å². The summed E-state index contributed by atoms with van der Waals surface area (Å²) < 4.78 is 0. The molecular weight excluding hydrogens is 600 g/mol. The van der Waals surface area contributed by atoms with Gasteiger partial charge < -0.3 is 25.2 Å². The molecule has 0 aromatic heterocycles. The van der Waals surface area contributed by atoms with E-state index in [1.165, 1.54) is 13.8 Å². The lowest BCUT2D eigenvalue weighted by Gasteiger charge is -2.34. The van der Waals surface area contributed by atoms with Gasteiger partial charge >= 0.3 is 5.97 Å². The highest BCUT2D eigenvalue weighted by atomic mass is 16.4. The molecule has 7 nitrogen and oxygen atoms in total. The highest BCUT2D eigenvalue weighted by Gasteiger charge is 2.32. The Morgan fingerprint density at radius 3 is 1.83 bits per heavy atom. The predicted octanol–water partition coefficient (Wildman–Crippen LogP) is 8.16. The van der Waals surface area contributed by atoms with Crippen LogP contribution in [0.3, 0.4) is 0 Å². The van der Waals surface area contributed by atoms with Gasteiger partial charge in [0.05, 0.1) is 6.04 Å². The number of phenolic OH excluding ortho intramolecular Hbond substituents is 1. The minimum absolute atomic E-state index is 0.0419. The Balaban J connectivity index is 0.00000148. The third-order valence-electron chi connectivity index (χ3n) is 8.18. The van der Waals surface area contributed by atoms with Crippen molar-refractivity contribution in [3.8, 4) is 5.75 Å². The van der Waals surface area contributed by atoms with Crippen LogP contribution in [0.2, 0.25) is 0 Å². The van der Waals surface area contributed by atoms with Crippen molar-refractivity contribution in [1.29, 1.82) is 0 Å². The van der Waals surface area contributed by atoms with E-state index < -0.39 is 12.0 Å². The predicted molar refractivity (Wildman–Crippen MR) is 194 cm³/mol. The fourth-order valence-corrected chi connectivity index (χ4v) is 5.63. The summed E-state index contributed by atoms with van der Waals surface area (Å²) in [4.78, 5) is 37.9. The van der Waals surface area contributed by atoms with Crippen molar-refractivity contribution < 1.29 is 24.6 Å². The molecule has 0 bridgehead atoms. The smallest absolute Gasteiger partial charge is 0.326 e. The Bertz CT molecular complexity index is 1640. The molecule has 1 amide bonds. The monoisotopic (exact) mass is 648 g/mol. The molecule has 0 aliphatic carbocycles. The fraction of sp³-hybridized carbons (Fsp3) is 0.293. The van der Waals surface area contributed by atoms with Gasteiger partial charge in [0.25, 0.3) is 0 Å². The highest BCUT2D eigenvalue weighted by Crippen LogP contribution is 2.32. The zero-order chi connectivity index (χ0) is 35.4. The number of nitrogens with one attached hydrogen (secondary N) is 1. The van der Waals surface area contributed by atoms with Gasteiger partial charge in [-0.3, -0.25) is 4.79 Å². The largest absolute Gasteiger partial charge is 0.507 e. The number of rotatable bonds is 13. The van der Waals surface area contributed by atoms with Gasteiger partial charge in [-0.15, -0.1) is 0 Å². The van der Waals surface area contributed by atoms with Gasteiger partial charge in [0, 0.05) is 29.3 Å². The highest BCUT2D eigenvalue weighted by molar-refractivity contribution is 5.96. The maximum absolute atomic E-state index is 14.4. The SMILES string of the molecule is C=C(NC(Cc1ccc(N(C(=O)C(Cc2ccccc2)C(C)C)C(C)c2ccccc2)cc1)C(=O)O)c1c(C)cccc1O.CC(C)=O. The number of carboxylic acids is 1. The van der Waals surface area contributed by atoms with E-state index in [0.29, 0.717) is 17.7 Å². The van der Waals surface area contributed by atoms with Crippen molar-refractivity contribution in [2.75, 3.05) is 4.90 Å². The number of Topliss-reactive ketones (excluding diaryl/α,β-unsaturated/α-hetero) is 1. The van der Waals surface area contributed by atoms with Crippen LogP contribution in [-0.2, 0) is 27.2 Å². The number of aliphatic carboxylic acids is 1. The molecule has 0 saturated carbocycles. The number of hydrogen-bond donors (Lipinski definition) is 3. The molecule has 0 spiro atoms. The first kappa shape index (κ1) is 37.3. The first-order valence-electron chi connectivity index (χ1n) is 16.2. The van der Waals surface area contributed by atoms with E-state index in [9.17, 15) is 24.6 Å². The first-order chi connectivity index (χ1) is 22.8. The van der Waals surface area contributed by atoms with Gasteiger partial charge in [0.15, 0.2) is 0 Å². The van der Waals surface area contributed by atoms with Crippen molar-refractivity contribution in [3.05, 3.63) is 138 Å². The summed E-state index contributed by atoms with van der Waals surface area (Å²) in [5.41, 5.74) is 5.32. The van der Waals surface area contributed by atoms with E-state index in [0.717, 1.165) is 27.9 Å². The van der Waals surface area contributed by atoms with Crippen LogP contribution in [0.5, 0.6) is 5.75 Å². The number of ketones is 1. The zero-order valence-electron chi connectivity index (χ0n) is 28.8. The van der Waals surface area contributed by atoms with E-state index in [1.807, 2.05) is 97.6 Å². The van der Waals surface area contributed by atoms with E-state index >= 15 is 0 Å². The van der Waals surface area contributed by atoms with Gasteiger partial charge in [-0.05, 0) is 80.5 Å². The maximum Gasteiger partial charge on any atom is 0.326 e. The van der Waals surface area contributed by atoms with Crippen molar-refractivity contribution in [2.24, 2.45) is 11.8 Å². The Morgan fingerprint density at radius 1 is 0.771 bits per heavy atom. The molecule has 4 rings (SSSR count). The fourth-order valence-electron chi connectivity index (χ4n) is 5.63. The number of hydrogen-bond acceptors (Lipinski definition) is 5. The summed E-state index contributed by atoms with van der Waals surface area (Å²) in [6.07, 6.45) is 0.825. The topological polar surface area (TPSA) is 107 Å². The average Bonchev–Trinajstić information content (AvgIpc) is 3.04. The number of aryl methyl sites for hydroxylation is 1. The number of nitrogens with zero attached hydrogens (tertiary/aromatic N) is 1. The molecule has 4 aromatic carbocycles. The number of anilines is 1. The second-order valence-electron chi connectivity index (χ2n) is 12.6. The summed E-state index contributed by atoms with van der Waals surface area (Å²) in [7, 11) is 0. The normalized spacial score (nSPS) is 12.6. The van der Waals surface area contributed by atoms with Crippen LogP contribution in [0.15, 0.2) is 110 Å². The molecular formula is C41H48N2O5. The van der Waals surface area contributed by atoms with E-state index in [1.54, 1.807) is 12.1 Å². The summed E-state index contributed by atoms with van der Waals surface area (Å²) in [5, 5.41) is 23.3. The number of carboxylic acid groups (broad SMARTS) is 1. The quantitative estimate of drug-likeness (QED) is 0.135. The molecule has 0 fully saturated rings. The molecule has 48 heavy (non-hydrogen) atoms. The summed E-state index contributed by atoms with van der Waals surface area (Å²) in [5.74, 6) is -0.880. The number of benzene rings is 4. The number of amides is 1. The van der Waals surface area contributed by atoms with Crippen LogP contribution in [-0.4, -0.2) is 33.9 Å². The lowest BCUT2D eigenvalue weighted by atomic mass is 9.87. The van der Waals surface area contributed by atoms with Gasteiger partial charge in [-0.1, -0.05) is 105 Å². The zero-order valence-corrected chi connectivity index (χ0v) is 28.8. The third-order valence-corrected chi connectivity index (χ3v) is 8.18. The average molecular weight is 649 g/mol. The van der Waals surface area contributed by atoms with Gasteiger partial charge in [0.1, 0.15) is 17.6 Å². The molecule has 3 N–H and O–H groups in total. The summed E-state index contributed by atoms with van der Waals surface area (Å²) in [6.45, 7) is 15.1. The molecule has 252 valence electrons. The Kier molecular flexibility index (Phi) is 13.7. The Morgan fingerprint density at radius 2 is 1.31 bits per heavy atom. The Labute approximate surface area is 285 Å². The molecule has 0 radical (unpaired) electrons. The summed E-state index contributed by atoms with van der Waals surface area (Å²) in [6, 6.07) is 31.6. The first-order valence-corrected chi connectivity index (χ1v) is 16.2. The maximum atomic E-state index is 14.4. The van der Waals surface area contributed by atoms with E-state index in [2.05, 4.69) is 37.9 Å². The van der Waals surface area contributed by atoms with Crippen molar-refractivity contribution in [3.63, 3.8) is 0 Å². The standard InChI is InChI=1S/C38H42N2O4.C3H6O/c1-25(2)33(23-29-14-8-6-9-15-29)37(42)40(28(5)31-16-10-7-11-17-31)32-21-19-30(20-22-32)24-34(38(43)44)39-27(4)36-26(3)13-12-18-35(36)41;1-3(2)4/h6-22,25,28,33-34,39,41H,4,23-24H2,1-3,5H3,(H,43,44);1-2H3. The molecule has 3 atom stereocenters. The van der Waals surface area contributed by atoms with Gasteiger partial charge in [0.2, 0.25) is 5.91 Å². The van der Waals surface area contributed by atoms with E-state index in [4.69, 9.17) is 0 Å². The van der Waals surface area contributed by atoms with Crippen LogP contribution >= 0.6 is 0 Å². The van der Waals surface area contributed by atoms with Gasteiger partial charge in [-0.25, -0.2) is 4.79 Å². The minimum atomic E-state index is -1.03. The van der Waals surface area contributed by atoms with Crippen LogP contribution in [0.1, 0.15) is 68.5 Å². The van der Waals surface area contributed by atoms with Crippen LogP contribution in [0, 0.1) is 18.8 Å². The number of carbonyl (C=O) groups is 3. The number of aromatic hydroxyl groups is 1. The number of phenols is 1. The lowest BCUT2D eigenvalue weighted by Crippen LogP contribution is -2.41. The van der Waals surface area contributed by atoms with Crippen LogP contribution in [0.25, 0.3) is 5.70 Å². The molecule has 0 heterocycles. The van der Waals surface area contributed by atoms with Gasteiger partial charge in [-0.2, -0.15) is 0 Å². The summed E-state index contributed by atoms with van der Waals surface area (Å²) >= 11 is 0. The minimum Gasteiger partial charge on any atom is -0.507 e. The Hall–Kier alpha value is -5.17. The van der Waals surface area contributed by atoms with Crippen molar-refractivity contribution in [1.82, 2.24) is 5.32 Å². The van der Waals surface area contributed by atoms with E-state index in [-0.39, 0.29) is 41.7 Å². The second-order valence-corrected chi connectivity index (χ2v) is 12.6. The third kappa shape index (κ3) is 10.4. The van der Waals surface area contributed by atoms with Crippen LogP contribution < -0.4 is 10.2 Å². The molecule has 0 saturated heterocycles. The molecule has 4 aromatic rings. The molecule has 0 aliphatic heterocycles. The van der Waals surface area contributed by atoms with Crippen molar-refractivity contribution >= 4 is 29.0 Å². The molecule has 7 heteroatoms. The lowest BCUT2D eigenvalue weighted by molar-refractivity contribution is -0.139.